The lowest BCUT2D eigenvalue weighted by Gasteiger charge is -2.42. The van der Waals surface area contributed by atoms with Gasteiger partial charge in [-0.3, -0.25) is 4.79 Å². The summed E-state index contributed by atoms with van der Waals surface area (Å²) in [7, 11) is 0. The number of benzene rings is 1. The summed E-state index contributed by atoms with van der Waals surface area (Å²) in [4.78, 5) is 14.6. The molecule has 26 heavy (non-hydrogen) atoms. The first-order chi connectivity index (χ1) is 12.4. The van der Waals surface area contributed by atoms with Crippen LogP contribution in [0.2, 0.25) is 10.0 Å². The first-order valence-corrected chi connectivity index (χ1v) is 9.98. The van der Waals surface area contributed by atoms with Gasteiger partial charge < -0.3 is 20.4 Å². The van der Waals surface area contributed by atoms with Gasteiger partial charge in [-0.05, 0) is 55.7 Å². The molecule has 2 saturated heterocycles. The Morgan fingerprint density at radius 3 is 2.85 bits per heavy atom. The van der Waals surface area contributed by atoms with Crippen molar-refractivity contribution >= 4 is 29.1 Å². The maximum absolute atomic E-state index is 12.7. The maximum atomic E-state index is 12.7. The van der Waals surface area contributed by atoms with Crippen molar-refractivity contribution in [3.05, 3.63) is 27.7 Å². The zero-order valence-corrected chi connectivity index (χ0v) is 16.1. The summed E-state index contributed by atoms with van der Waals surface area (Å²) in [5, 5.41) is 23.9. The minimum atomic E-state index is -0.181. The number of carbonyl (C=O) groups is 1. The molecule has 142 valence electrons. The molecule has 4 rings (SSSR count). The molecule has 0 radical (unpaired) electrons. The number of rotatable bonds is 3. The fourth-order valence-corrected chi connectivity index (χ4v) is 5.33. The van der Waals surface area contributed by atoms with Crippen molar-refractivity contribution in [3.63, 3.8) is 0 Å². The van der Waals surface area contributed by atoms with Gasteiger partial charge in [0.2, 0.25) is 5.91 Å². The standard InChI is InChI=1S/C19H24Cl2N2O3/c20-13-1-2-15(25)17(18(13)21)14-5-11(9-22-14)6-16(26)23-4-3-19(10-23)7-12(24)8-19/h1-2,11-12,14,22,24-25H,3-10H2/t11-,12?,14+,19?/m0/s1. The number of likely N-dealkylation sites (tertiary alicyclic amines) is 1. The van der Waals surface area contributed by atoms with Gasteiger partial charge >= 0.3 is 0 Å². The number of aliphatic hydroxyl groups excluding tert-OH is 1. The van der Waals surface area contributed by atoms with E-state index >= 15 is 0 Å². The molecule has 2 atom stereocenters. The SMILES string of the molecule is O=C(C[C@H]1CN[C@@H](c2c(O)ccc(Cl)c2Cl)C1)N1CCC2(CC(O)C2)C1. The highest BCUT2D eigenvalue weighted by Gasteiger charge is 2.49. The second-order valence-corrected chi connectivity index (χ2v) is 8.97. The number of nitrogens with one attached hydrogen (secondary N) is 1. The number of halogens is 2. The summed E-state index contributed by atoms with van der Waals surface area (Å²) < 4.78 is 0. The lowest BCUT2D eigenvalue weighted by atomic mass is 9.66. The molecule has 3 N–H and O–H groups in total. The van der Waals surface area contributed by atoms with Gasteiger partial charge in [0.15, 0.2) is 0 Å². The van der Waals surface area contributed by atoms with E-state index in [1.54, 1.807) is 12.1 Å². The van der Waals surface area contributed by atoms with E-state index in [0.29, 0.717) is 22.0 Å². The Morgan fingerprint density at radius 1 is 1.35 bits per heavy atom. The minimum absolute atomic E-state index is 0.0919. The van der Waals surface area contributed by atoms with Crippen LogP contribution >= 0.6 is 23.2 Å². The number of aromatic hydroxyl groups is 1. The van der Waals surface area contributed by atoms with E-state index in [1.165, 1.54) is 0 Å². The second kappa shape index (κ2) is 6.86. The van der Waals surface area contributed by atoms with Crippen LogP contribution in [0.3, 0.4) is 0 Å². The van der Waals surface area contributed by atoms with Crippen LogP contribution in [0, 0.1) is 11.3 Å². The third kappa shape index (κ3) is 3.31. The Kier molecular flexibility index (Phi) is 4.84. The van der Waals surface area contributed by atoms with Gasteiger partial charge in [-0.25, -0.2) is 0 Å². The average Bonchev–Trinajstić information content (AvgIpc) is 3.19. The Bertz CT molecular complexity index is 721. The zero-order valence-electron chi connectivity index (χ0n) is 14.5. The molecule has 5 nitrogen and oxygen atoms in total. The molecule has 1 amide bonds. The van der Waals surface area contributed by atoms with Crippen LogP contribution in [0.5, 0.6) is 5.75 Å². The quantitative estimate of drug-likeness (QED) is 0.731. The van der Waals surface area contributed by atoms with Crippen molar-refractivity contribution in [2.45, 2.75) is 44.2 Å². The highest BCUT2D eigenvalue weighted by Crippen LogP contribution is 2.48. The molecule has 2 heterocycles. The van der Waals surface area contributed by atoms with E-state index in [4.69, 9.17) is 23.2 Å². The summed E-state index contributed by atoms with van der Waals surface area (Å²) in [6.07, 6.45) is 3.73. The van der Waals surface area contributed by atoms with E-state index in [0.717, 1.165) is 45.3 Å². The second-order valence-electron chi connectivity index (χ2n) is 8.19. The fraction of sp³-hybridized carbons (Fsp3) is 0.632. The summed E-state index contributed by atoms with van der Waals surface area (Å²) in [5.74, 6) is 0.538. The lowest BCUT2D eigenvalue weighted by molar-refractivity contribution is -0.132. The molecule has 1 aliphatic carbocycles. The molecule has 0 aromatic heterocycles. The topological polar surface area (TPSA) is 72.8 Å². The minimum Gasteiger partial charge on any atom is -0.508 e. The van der Waals surface area contributed by atoms with Gasteiger partial charge in [-0.1, -0.05) is 23.2 Å². The third-order valence-electron chi connectivity index (χ3n) is 6.27. The highest BCUT2D eigenvalue weighted by molar-refractivity contribution is 6.42. The molecule has 0 unspecified atom stereocenters. The average molecular weight is 399 g/mol. The van der Waals surface area contributed by atoms with Crippen LogP contribution in [-0.2, 0) is 4.79 Å². The number of hydrogen-bond acceptors (Lipinski definition) is 4. The molecule has 1 spiro atoms. The van der Waals surface area contributed by atoms with E-state index in [1.807, 2.05) is 4.90 Å². The number of hydrogen-bond donors (Lipinski definition) is 3. The largest absolute Gasteiger partial charge is 0.508 e. The van der Waals surface area contributed by atoms with Gasteiger partial charge in [0.05, 0.1) is 16.1 Å². The van der Waals surface area contributed by atoms with Crippen molar-refractivity contribution < 1.29 is 15.0 Å². The van der Waals surface area contributed by atoms with E-state index in [-0.39, 0.29) is 35.1 Å². The summed E-state index contributed by atoms with van der Waals surface area (Å²) >= 11 is 12.4. The van der Waals surface area contributed by atoms with Crippen molar-refractivity contribution in [2.24, 2.45) is 11.3 Å². The predicted octanol–water partition coefficient (Wildman–Crippen LogP) is 3.11. The number of nitrogens with zero attached hydrogens (tertiary/aromatic N) is 1. The smallest absolute Gasteiger partial charge is 0.222 e. The van der Waals surface area contributed by atoms with Crippen LogP contribution in [0.1, 0.15) is 43.7 Å². The summed E-state index contributed by atoms with van der Waals surface area (Å²) in [6.45, 7) is 2.31. The van der Waals surface area contributed by atoms with E-state index in [9.17, 15) is 15.0 Å². The molecule has 1 aromatic carbocycles. The first kappa shape index (κ1) is 18.4. The maximum Gasteiger partial charge on any atom is 0.222 e. The Morgan fingerprint density at radius 2 is 2.12 bits per heavy atom. The van der Waals surface area contributed by atoms with Crippen molar-refractivity contribution in [1.82, 2.24) is 10.2 Å². The summed E-state index contributed by atoms with van der Waals surface area (Å²) in [5.41, 5.74) is 0.795. The van der Waals surface area contributed by atoms with Gasteiger partial charge in [0.1, 0.15) is 5.75 Å². The Labute approximate surface area is 163 Å². The molecule has 3 aliphatic rings. The van der Waals surface area contributed by atoms with Crippen LogP contribution in [0.25, 0.3) is 0 Å². The number of aliphatic hydroxyl groups is 1. The molecular weight excluding hydrogens is 375 g/mol. The normalized spacial score (nSPS) is 33.7. The number of phenolic OH excluding ortho intramolecular Hbond substituents is 1. The van der Waals surface area contributed by atoms with Crippen LogP contribution in [0.15, 0.2) is 12.1 Å². The van der Waals surface area contributed by atoms with Crippen molar-refractivity contribution in [3.8, 4) is 5.75 Å². The number of phenols is 1. The van der Waals surface area contributed by atoms with Gasteiger partial charge in [0.25, 0.3) is 0 Å². The fourth-order valence-electron chi connectivity index (χ4n) is 4.87. The molecule has 1 saturated carbocycles. The number of carbonyl (C=O) groups excluding carboxylic acids is 1. The molecule has 0 bridgehead atoms. The third-order valence-corrected chi connectivity index (χ3v) is 7.09. The summed E-state index contributed by atoms with van der Waals surface area (Å²) in [6, 6.07) is 3.05. The molecular formula is C19H24Cl2N2O3. The predicted molar refractivity (Wildman–Crippen MR) is 100 cm³/mol. The van der Waals surface area contributed by atoms with Gasteiger partial charge in [-0.15, -0.1) is 0 Å². The first-order valence-electron chi connectivity index (χ1n) is 9.23. The van der Waals surface area contributed by atoms with Crippen LogP contribution in [-0.4, -0.2) is 46.8 Å². The van der Waals surface area contributed by atoms with Crippen LogP contribution < -0.4 is 5.32 Å². The molecule has 2 aliphatic heterocycles. The number of amides is 1. The Hall–Kier alpha value is -1.01. The highest BCUT2D eigenvalue weighted by atomic mass is 35.5. The van der Waals surface area contributed by atoms with Crippen LogP contribution in [0.4, 0.5) is 0 Å². The van der Waals surface area contributed by atoms with Gasteiger partial charge in [-0.2, -0.15) is 0 Å². The van der Waals surface area contributed by atoms with Gasteiger partial charge in [0, 0.05) is 31.1 Å². The van der Waals surface area contributed by atoms with Crippen molar-refractivity contribution in [1.29, 1.82) is 0 Å². The molecule has 3 fully saturated rings. The molecule has 1 aromatic rings. The van der Waals surface area contributed by atoms with E-state index in [2.05, 4.69) is 5.32 Å². The monoisotopic (exact) mass is 398 g/mol. The van der Waals surface area contributed by atoms with E-state index < -0.39 is 0 Å². The van der Waals surface area contributed by atoms with Crippen molar-refractivity contribution in [2.75, 3.05) is 19.6 Å². The lowest BCUT2D eigenvalue weighted by Crippen LogP contribution is -2.43. The zero-order chi connectivity index (χ0) is 18.5. The molecule has 7 heteroatoms. The Balaban J connectivity index is 1.35.